The molecule has 1 atom stereocenters. The largest absolute Gasteiger partial charge is 0.479 e. The number of carbonyl (C=O) groups excluding carboxylic acids is 1. The van der Waals surface area contributed by atoms with Gasteiger partial charge in [-0.1, -0.05) is 45.3 Å². The fourth-order valence-electron chi connectivity index (χ4n) is 3.85. The minimum absolute atomic E-state index is 0.0758. The zero-order valence-corrected chi connectivity index (χ0v) is 23.7. The minimum Gasteiger partial charge on any atom is -0.479 e. The lowest BCUT2D eigenvalue weighted by atomic mass is 9.96. The lowest BCUT2D eigenvalue weighted by Gasteiger charge is -2.24. The van der Waals surface area contributed by atoms with E-state index >= 15 is 0 Å². The topological polar surface area (TPSA) is 69.9 Å². The van der Waals surface area contributed by atoms with Crippen LogP contribution >= 0.6 is 49.9 Å². The van der Waals surface area contributed by atoms with Gasteiger partial charge in [0.15, 0.2) is 4.80 Å². The summed E-state index contributed by atoms with van der Waals surface area (Å²) in [5.41, 5.74) is 1.55. The Bertz CT molecular complexity index is 1600. The second kappa shape index (κ2) is 11.1. The van der Waals surface area contributed by atoms with Gasteiger partial charge in [0.05, 0.1) is 32.0 Å². The molecule has 1 aliphatic heterocycles. The third-order valence-electron chi connectivity index (χ3n) is 5.33. The summed E-state index contributed by atoms with van der Waals surface area (Å²) in [5, 5.41) is 0. The van der Waals surface area contributed by atoms with Crippen LogP contribution in [0.3, 0.4) is 0 Å². The van der Waals surface area contributed by atoms with Crippen LogP contribution in [0.5, 0.6) is 5.75 Å². The second-order valence-electron chi connectivity index (χ2n) is 7.65. The SMILES string of the molecule is C#CCOc1c(I)cc(Br)cc1/C=c1\sc2n(c1=O)[C@@H](c1ccc(F)cc1)C(C(=O)OCC)=C(C)N=2. The van der Waals surface area contributed by atoms with Crippen LogP contribution in [0.2, 0.25) is 0 Å². The summed E-state index contributed by atoms with van der Waals surface area (Å²) in [5.74, 6) is 2.01. The number of esters is 1. The van der Waals surface area contributed by atoms with E-state index in [-0.39, 0.29) is 24.3 Å². The molecule has 0 fully saturated rings. The van der Waals surface area contributed by atoms with Crippen LogP contribution in [0, 0.1) is 21.7 Å². The van der Waals surface area contributed by atoms with Gasteiger partial charge in [0.1, 0.15) is 18.2 Å². The van der Waals surface area contributed by atoms with E-state index in [9.17, 15) is 14.0 Å². The monoisotopic (exact) mass is 680 g/mol. The number of halogens is 3. The lowest BCUT2D eigenvalue weighted by molar-refractivity contribution is -0.139. The zero-order chi connectivity index (χ0) is 26.0. The van der Waals surface area contributed by atoms with Gasteiger partial charge in [-0.2, -0.15) is 0 Å². The predicted molar refractivity (Wildman–Crippen MR) is 148 cm³/mol. The van der Waals surface area contributed by atoms with E-state index in [0.29, 0.717) is 31.9 Å². The maximum atomic E-state index is 13.7. The van der Waals surface area contributed by atoms with E-state index in [1.807, 2.05) is 12.1 Å². The molecule has 10 heteroatoms. The molecule has 1 aromatic heterocycles. The summed E-state index contributed by atoms with van der Waals surface area (Å²) in [7, 11) is 0. The molecule has 0 spiro atoms. The Morgan fingerprint density at radius 3 is 2.75 bits per heavy atom. The molecule has 0 saturated heterocycles. The van der Waals surface area contributed by atoms with Gasteiger partial charge in [0.2, 0.25) is 0 Å². The highest BCUT2D eigenvalue weighted by molar-refractivity contribution is 14.1. The molecule has 4 rings (SSSR count). The maximum Gasteiger partial charge on any atom is 0.338 e. The molecular formula is C26H19BrFIN2O4S. The molecule has 0 radical (unpaired) electrons. The zero-order valence-electron chi connectivity index (χ0n) is 19.2. The van der Waals surface area contributed by atoms with Gasteiger partial charge < -0.3 is 9.47 Å². The molecule has 0 unspecified atom stereocenters. The van der Waals surface area contributed by atoms with E-state index in [2.05, 4.69) is 49.4 Å². The van der Waals surface area contributed by atoms with Crippen molar-refractivity contribution >= 4 is 61.9 Å². The van der Waals surface area contributed by atoms with Crippen LogP contribution < -0.4 is 19.6 Å². The average Bonchev–Trinajstić information content (AvgIpc) is 3.12. The van der Waals surface area contributed by atoms with Gasteiger partial charge in [-0.15, -0.1) is 6.42 Å². The summed E-state index contributed by atoms with van der Waals surface area (Å²) in [6.45, 7) is 3.64. The van der Waals surface area contributed by atoms with E-state index < -0.39 is 17.8 Å². The molecule has 2 aromatic carbocycles. The molecule has 6 nitrogen and oxygen atoms in total. The van der Waals surface area contributed by atoms with Crippen LogP contribution in [0.25, 0.3) is 6.08 Å². The normalized spacial score (nSPS) is 15.2. The molecule has 3 aromatic rings. The van der Waals surface area contributed by atoms with Gasteiger partial charge in [-0.05, 0) is 72.3 Å². The highest BCUT2D eigenvalue weighted by Gasteiger charge is 2.33. The summed E-state index contributed by atoms with van der Waals surface area (Å²) < 4.78 is 28.2. The van der Waals surface area contributed by atoms with Crippen molar-refractivity contribution in [3.63, 3.8) is 0 Å². The number of nitrogens with zero attached hydrogens (tertiary/aromatic N) is 2. The van der Waals surface area contributed by atoms with Crippen LogP contribution in [0.4, 0.5) is 4.39 Å². The summed E-state index contributed by atoms with van der Waals surface area (Å²) >= 11 is 6.82. The molecule has 0 N–H and O–H groups in total. The van der Waals surface area contributed by atoms with Gasteiger partial charge in [-0.3, -0.25) is 9.36 Å². The van der Waals surface area contributed by atoms with Gasteiger partial charge >= 0.3 is 5.97 Å². The first-order chi connectivity index (χ1) is 17.2. The third kappa shape index (κ3) is 5.19. The molecule has 1 aliphatic rings. The van der Waals surface area contributed by atoms with Crippen LogP contribution in [-0.4, -0.2) is 23.8 Å². The molecule has 0 aliphatic carbocycles. The van der Waals surface area contributed by atoms with Crippen molar-refractivity contribution in [3.05, 3.63) is 92.3 Å². The number of benzene rings is 2. The third-order valence-corrected chi connectivity index (χ3v) is 7.57. The Balaban J connectivity index is 1.96. The first-order valence-electron chi connectivity index (χ1n) is 10.8. The van der Waals surface area contributed by atoms with Crippen molar-refractivity contribution in [1.82, 2.24) is 4.57 Å². The second-order valence-corrected chi connectivity index (χ2v) is 10.7. The van der Waals surface area contributed by atoms with E-state index in [0.717, 1.165) is 8.04 Å². The number of carbonyl (C=O) groups is 1. The molecule has 36 heavy (non-hydrogen) atoms. The summed E-state index contributed by atoms with van der Waals surface area (Å²) in [4.78, 5) is 31.6. The van der Waals surface area contributed by atoms with Crippen LogP contribution in [-0.2, 0) is 9.53 Å². The van der Waals surface area contributed by atoms with Gasteiger partial charge in [0.25, 0.3) is 5.56 Å². The number of rotatable bonds is 6. The van der Waals surface area contributed by atoms with E-state index in [4.69, 9.17) is 15.9 Å². The van der Waals surface area contributed by atoms with Crippen molar-refractivity contribution in [2.45, 2.75) is 19.9 Å². The standard InChI is InChI=1S/C26H19BrFIN2O4S/c1-4-10-35-23-16(11-17(27)13-19(23)29)12-20-24(32)31-22(15-6-8-18(28)9-7-15)21(25(33)34-5-2)14(3)30-26(31)36-20/h1,6-9,11-13,22H,5,10H2,2-3H3/b20-12-/t22-/m0/s1. The minimum atomic E-state index is -0.817. The van der Waals surface area contributed by atoms with Crippen molar-refractivity contribution in [3.8, 4) is 18.1 Å². The van der Waals surface area contributed by atoms with Gasteiger partial charge in [0, 0.05) is 10.0 Å². The molecule has 0 amide bonds. The Morgan fingerprint density at radius 2 is 2.08 bits per heavy atom. The number of fused-ring (bicyclic) bond motifs is 1. The highest BCUT2D eigenvalue weighted by Crippen LogP contribution is 2.32. The number of thiazole rings is 1. The van der Waals surface area contributed by atoms with E-state index in [1.54, 1.807) is 32.1 Å². The van der Waals surface area contributed by atoms with Crippen LogP contribution in [0.15, 0.2) is 61.9 Å². The van der Waals surface area contributed by atoms with Crippen molar-refractivity contribution in [2.24, 2.45) is 4.99 Å². The molecule has 0 saturated carbocycles. The number of allylic oxidation sites excluding steroid dienone is 1. The van der Waals surface area contributed by atoms with E-state index in [1.165, 1.54) is 28.0 Å². The fourth-order valence-corrected chi connectivity index (χ4v) is 6.59. The molecule has 184 valence electrons. The van der Waals surface area contributed by atoms with Crippen molar-refractivity contribution in [1.29, 1.82) is 0 Å². The average molecular weight is 681 g/mol. The Hall–Kier alpha value is -2.75. The number of ether oxygens (including phenoxy) is 2. The first kappa shape index (κ1) is 26.3. The lowest BCUT2D eigenvalue weighted by Crippen LogP contribution is -2.39. The molecule has 2 heterocycles. The molecule has 0 bridgehead atoms. The highest BCUT2D eigenvalue weighted by atomic mass is 127. The van der Waals surface area contributed by atoms with Crippen molar-refractivity contribution in [2.75, 3.05) is 13.2 Å². The number of aromatic nitrogens is 1. The first-order valence-corrected chi connectivity index (χ1v) is 13.4. The Morgan fingerprint density at radius 1 is 1.36 bits per heavy atom. The number of hydrogen-bond acceptors (Lipinski definition) is 6. The Kier molecular flexibility index (Phi) is 8.12. The number of terminal acetylenes is 1. The van der Waals surface area contributed by atoms with Crippen LogP contribution in [0.1, 0.15) is 31.0 Å². The smallest absolute Gasteiger partial charge is 0.338 e. The summed E-state index contributed by atoms with van der Waals surface area (Å²) in [6.07, 6.45) is 7.09. The Labute approximate surface area is 232 Å². The number of hydrogen-bond donors (Lipinski definition) is 0. The maximum absolute atomic E-state index is 13.7. The quantitative estimate of drug-likeness (QED) is 0.221. The molecular weight excluding hydrogens is 662 g/mol. The van der Waals surface area contributed by atoms with Gasteiger partial charge in [-0.25, -0.2) is 14.2 Å². The van der Waals surface area contributed by atoms with Crippen molar-refractivity contribution < 1.29 is 18.7 Å². The fraction of sp³-hybridized carbons (Fsp3) is 0.192. The predicted octanol–water partition coefficient (Wildman–Crippen LogP) is 4.32. The summed E-state index contributed by atoms with van der Waals surface area (Å²) in [6, 6.07) is 8.59.